The van der Waals surface area contributed by atoms with Crippen molar-refractivity contribution in [1.29, 1.82) is 0 Å². The fourth-order valence-electron chi connectivity index (χ4n) is 1.48. The Morgan fingerprint density at radius 1 is 0.750 bits per heavy atom. The summed E-state index contributed by atoms with van der Waals surface area (Å²) >= 11 is 0. The van der Waals surface area contributed by atoms with E-state index in [0.29, 0.717) is 0 Å². The summed E-state index contributed by atoms with van der Waals surface area (Å²) in [6.07, 6.45) is 4.19. The number of nitrogens with two attached hydrogens (primary N) is 1. The molecule has 0 unspecified atom stereocenters. The van der Waals surface area contributed by atoms with Gasteiger partial charge in [-0.05, 0) is 30.2 Å². The fraction of sp³-hybridized carbons (Fsp3) is 0.0667. The third-order valence-corrected chi connectivity index (χ3v) is 2.48. The summed E-state index contributed by atoms with van der Waals surface area (Å²) in [6.45, 7) is 2.09. The van der Waals surface area contributed by atoms with E-state index in [2.05, 4.69) is 43.3 Å². The van der Waals surface area contributed by atoms with Crippen LogP contribution in [0.4, 0.5) is 5.69 Å². The Labute approximate surface area is 96.2 Å². The number of hydrogen-bond donors (Lipinski definition) is 1. The van der Waals surface area contributed by atoms with E-state index in [0.717, 1.165) is 11.3 Å². The molecule has 0 heterocycles. The molecule has 0 fully saturated rings. The highest BCUT2D eigenvalue weighted by Gasteiger charge is 1.88. The minimum Gasteiger partial charge on any atom is -0.399 e. The molecule has 0 aliphatic heterocycles. The molecule has 0 amide bonds. The summed E-state index contributed by atoms with van der Waals surface area (Å²) in [5.41, 5.74) is 10.1. The number of nitrogen functional groups attached to an aromatic ring is 1. The van der Waals surface area contributed by atoms with E-state index in [1.165, 1.54) is 11.1 Å². The molecule has 1 nitrogen and oxygen atoms in total. The van der Waals surface area contributed by atoms with Crippen LogP contribution in [0.2, 0.25) is 0 Å². The lowest BCUT2D eigenvalue weighted by atomic mass is 10.1. The topological polar surface area (TPSA) is 26.0 Å². The molecule has 2 aromatic carbocycles. The van der Waals surface area contributed by atoms with Crippen LogP contribution in [0.15, 0.2) is 48.5 Å². The Balaban J connectivity index is 2.15. The zero-order valence-electron chi connectivity index (χ0n) is 9.35. The van der Waals surface area contributed by atoms with Crippen molar-refractivity contribution < 1.29 is 0 Å². The van der Waals surface area contributed by atoms with Gasteiger partial charge in [0.25, 0.3) is 0 Å². The van der Waals surface area contributed by atoms with Gasteiger partial charge in [0.2, 0.25) is 0 Å². The molecular formula is C15H15N. The second-order valence-corrected chi connectivity index (χ2v) is 3.91. The second kappa shape index (κ2) is 4.67. The standard InChI is InChI=1S/C15H15N/c1-12-2-4-13(5-3-12)6-7-14-8-10-15(16)11-9-14/h2-11H,16H2,1H3/b7-6+. The van der Waals surface area contributed by atoms with Gasteiger partial charge in [-0.25, -0.2) is 0 Å². The summed E-state index contributed by atoms with van der Waals surface area (Å²) in [4.78, 5) is 0. The molecule has 2 aromatic rings. The maximum absolute atomic E-state index is 5.63. The molecule has 80 valence electrons. The van der Waals surface area contributed by atoms with Crippen LogP contribution < -0.4 is 5.73 Å². The van der Waals surface area contributed by atoms with Gasteiger partial charge >= 0.3 is 0 Å². The van der Waals surface area contributed by atoms with E-state index in [1.807, 2.05) is 24.3 Å². The SMILES string of the molecule is Cc1ccc(/C=C/c2ccc(N)cc2)cc1. The Morgan fingerprint density at radius 3 is 1.69 bits per heavy atom. The van der Waals surface area contributed by atoms with Crippen molar-refractivity contribution in [2.75, 3.05) is 5.73 Å². The fourth-order valence-corrected chi connectivity index (χ4v) is 1.48. The van der Waals surface area contributed by atoms with E-state index in [1.54, 1.807) is 0 Å². The van der Waals surface area contributed by atoms with Crippen molar-refractivity contribution in [2.45, 2.75) is 6.92 Å². The third kappa shape index (κ3) is 2.74. The molecule has 0 saturated carbocycles. The van der Waals surface area contributed by atoms with E-state index >= 15 is 0 Å². The van der Waals surface area contributed by atoms with Gasteiger partial charge in [0.05, 0.1) is 0 Å². The first-order valence-electron chi connectivity index (χ1n) is 5.34. The van der Waals surface area contributed by atoms with E-state index in [9.17, 15) is 0 Å². The van der Waals surface area contributed by atoms with Crippen LogP contribution in [-0.2, 0) is 0 Å². The molecule has 0 saturated heterocycles. The second-order valence-electron chi connectivity index (χ2n) is 3.91. The van der Waals surface area contributed by atoms with Gasteiger partial charge in [-0.15, -0.1) is 0 Å². The minimum atomic E-state index is 0.799. The quantitative estimate of drug-likeness (QED) is 0.591. The van der Waals surface area contributed by atoms with Gasteiger partial charge in [-0.1, -0.05) is 54.1 Å². The van der Waals surface area contributed by atoms with Crippen molar-refractivity contribution in [3.8, 4) is 0 Å². The number of hydrogen-bond acceptors (Lipinski definition) is 1. The van der Waals surface area contributed by atoms with Crippen LogP contribution >= 0.6 is 0 Å². The van der Waals surface area contributed by atoms with Crippen LogP contribution in [0.25, 0.3) is 12.2 Å². The molecule has 2 rings (SSSR count). The van der Waals surface area contributed by atoms with Gasteiger partial charge in [0.15, 0.2) is 0 Å². The first kappa shape index (κ1) is 10.5. The highest BCUT2D eigenvalue weighted by Crippen LogP contribution is 2.11. The molecule has 0 aliphatic rings. The maximum Gasteiger partial charge on any atom is 0.0314 e. The zero-order chi connectivity index (χ0) is 11.4. The number of anilines is 1. The third-order valence-electron chi connectivity index (χ3n) is 2.48. The van der Waals surface area contributed by atoms with Crippen molar-refractivity contribution in [2.24, 2.45) is 0 Å². The maximum atomic E-state index is 5.63. The van der Waals surface area contributed by atoms with Crippen molar-refractivity contribution in [1.82, 2.24) is 0 Å². The molecular weight excluding hydrogens is 194 g/mol. The lowest BCUT2D eigenvalue weighted by Crippen LogP contribution is -1.82. The number of rotatable bonds is 2. The van der Waals surface area contributed by atoms with Crippen LogP contribution in [-0.4, -0.2) is 0 Å². The van der Waals surface area contributed by atoms with Crippen LogP contribution in [0.5, 0.6) is 0 Å². The Morgan fingerprint density at radius 2 is 1.19 bits per heavy atom. The Bertz CT molecular complexity index is 430. The molecule has 0 spiro atoms. The van der Waals surface area contributed by atoms with Gasteiger partial charge < -0.3 is 5.73 Å². The largest absolute Gasteiger partial charge is 0.399 e. The predicted molar refractivity (Wildman–Crippen MR) is 71.0 cm³/mol. The molecule has 0 bridgehead atoms. The summed E-state index contributed by atoms with van der Waals surface area (Å²) in [6, 6.07) is 16.3. The summed E-state index contributed by atoms with van der Waals surface area (Å²) in [7, 11) is 0. The molecule has 0 aromatic heterocycles. The lowest BCUT2D eigenvalue weighted by molar-refractivity contribution is 1.46. The monoisotopic (exact) mass is 209 g/mol. The average Bonchev–Trinajstić information content (AvgIpc) is 2.30. The predicted octanol–water partition coefficient (Wildman–Crippen LogP) is 3.75. The number of aryl methyl sites for hydroxylation is 1. The highest BCUT2D eigenvalue weighted by atomic mass is 14.5. The molecule has 0 atom stereocenters. The average molecular weight is 209 g/mol. The van der Waals surface area contributed by atoms with Gasteiger partial charge in [-0.3, -0.25) is 0 Å². The van der Waals surface area contributed by atoms with Crippen LogP contribution in [0.3, 0.4) is 0 Å². The molecule has 16 heavy (non-hydrogen) atoms. The number of benzene rings is 2. The van der Waals surface area contributed by atoms with Crippen molar-refractivity contribution in [3.63, 3.8) is 0 Å². The summed E-state index contributed by atoms with van der Waals surface area (Å²) in [5, 5.41) is 0. The first-order valence-corrected chi connectivity index (χ1v) is 5.34. The van der Waals surface area contributed by atoms with Crippen molar-refractivity contribution >= 4 is 17.8 Å². The Kier molecular flexibility index (Phi) is 3.06. The van der Waals surface area contributed by atoms with Gasteiger partial charge in [0.1, 0.15) is 0 Å². The van der Waals surface area contributed by atoms with Crippen molar-refractivity contribution in [3.05, 3.63) is 65.2 Å². The highest BCUT2D eigenvalue weighted by molar-refractivity contribution is 5.70. The van der Waals surface area contributed by atoms with Crippen LogP contribution in [0, 0.1) is 6.92 Å². The zero-order valence-corrected chi connectivity index (χ0v) is 9.35. The van der Waals surface area contributed by atoms with Gasteiger partial charge in [0, 0.05) is 5.69 Å². The Hall–Kier alpha value is -2.02. The van der Waals surface area contributed by atoms with E-state index in [-0.39, 0.29) is 0 Å². The molecule has 0 aliphatic carbocycles. The van der Waals surface area contributed by atoms with Crippen LogP contribution in [0.1, 0.15) is 16.7 Å². The smallest absolute Gasteiger partial charge is 0.0314 e. The van der Waals surface area contributed by atoms with Gasteiger partial charge in [-0.2, -0.15) is 0 Å². The molecule has 1 heteroatoms. The normalized spacial score (nSPS) is 10.8. The minimum absolute atomic E-state index is 0.799. The lowest BCUT2D eigenvalue weighted by Gasteiger charge is -1.96. The van der Waals surface area contributed by atoms with E-state index in [4.69, 9.17) is 5.73 Å². The molecule has 2 N–H and O–H groups in total. The molecule has 0 radical (unpaired) electrons. The summed E-state index contributed by atoms with van der Waals surface area (Å²) in [5.74, 6) is 0. The first-order chi connectivity index (χ1) is 7.74. The van der Waals surface area contributed by atoms with E-state index < -0.39 is 0 Å². The summed E-state index contributed by atoms with van der Waals surface area (Å²) < 4.78 is 0.